The largest absolute Gasteiger partial charge is 0.455 e. The van der Waals surface area contributed by atoms with Gasteiger partial charge in [0.15, 0.2) is 0 Å². The molecule has 0 saturated heterocycles. The molecule has 0 saturated carbocycles. The molecule has 0 bridgehead atoms. The zero-order chi connectivity index (χ0) is 13.4. The Morgan fingerprint density at radius 3 is 2.06 bits per heavy atom. The van der Waals surface area contributed by atoms with Crippen LogP contribution in [-0.2, 0) is 0 Å². The predicted molar refractivity (Wildman–Crippen MR) is 52.0 cm³/mol. The molecule has 1 rings (SSSR count). The molecular formula is C9H6BrF6N. The van der Waals surface area contributed by atoms with Crippen molar-refractivity contribution < 1.29 is 26.3 Å². The topological polar surface area (TPSA) is 26.0 Å². The number of benzene rings is 1. The van der Waals surface area contributed by atoms with Crippen LogP contribution < -0.4 is 5.73 Å². The van der Waals surface area contributed by atoms with E-state index in [4.69, 9.17) is 5.73 Å². The third-order valence-corrected chi connectivity index (χ3v) is 2.71. The van der Waals surface area contributed by atoms with Gasteiger partial charge >= 0.3 is 12.1 Å². The molecule has 96 valence electrons. The summed E-state index contributed by atoms with van der Waals surface area (Å²) in [4.78, 5) is 0. The molecule has 1 aromatic carbocycles. The molecule has 0 fully saturated rings. The van der Waals surface area contributed by atoms with Crippen molar-refractivity contribution in [3.8, 4) is 0 Å². The predicted octanol–water partition coefficient (Wildman–Crippen LogP) is 3.79. The Balaban J connectivity index is 3.12. The Labute approximate surface area is 101 Å². The molecule has 1 atom stereocenters. The minimum atomic E-state index is -5.78. The van der Waals surface area contributed by atoms with Gasteiger partial charge in [0.05, 0.1) is 4.47 Å². The fraction of sp³-hybridized carbons (Fsp3) is 0.333. The quantitative estimate of drug-likeness (QED) is 0.824. The summed E-state index contributed by atoms with van der Waals surface area (Å²) in [5.74, 6) is -6.08. The summed E-state index contributed by atoms with van der Waals surface area (Å²) in [5.41, 5.74) is 4.19. The lowest BCUT2D eigenvalue weighted by Gasteiger charge is -2.26. The Morgan fingerprint density at radius 2 is 1.65 bits per heavy atom. The second-order valence-corrected chi connectivity index (χ2v) is 4.13. The molecule has 2 N–H and O–H groups in total. The summed E-state index contributed by atoms with van der Waals surface area (Å²) in [5, 5.41) is 0. The first-order valence-electron chi connectivity index (χ1n) is 4.22. The molecule has 0 aliphatic carbocycles. The van der Waals surface area contributed by atoms with Crippen LogP contribution in [0.5, 0.6) is 0 Å². The molecule has 1 aromatic rings. The molecule has 0 radical (unpaired) electrons. The molecule has 0 amide bonds. The molecule has 0 aliphatic rings. The van der Waals surface area contributed by atoms with Crippen molar-refractivity contribution in [3.63, 3.8) is 0 Å². The zero-order valence-corrected chi connectivity index (χ0v) is 9.62. The van der Waals surface area contributed by atoms with E-state index in [-0.39, 0.29) is 4.47 Å². The highest BCUT2D eigenvalue weighted by Gasteiger charge is 2.61. The molecule has 0 aromatic heterocycles. The Hall–Kier alpha value is -0.760. The summed E-state index contributed by atoms with van der Waals surface area (Å²) in [7, 11) is 0. The number of hydrogen-bond donors (Lipinski definition) is 1. The zero-order valence-electron chi connectivity index (χ0n) is 8.03. The average molecular weight is 322 g/mol. The van der Waals surface area contributed by atoms with Crippen LogP contribution in [0.2, 0.25) is 0 Å². The summed E-state index contributed by atoms with van der Waals surface area (Å²) >= 11 is 2.74. The van der Waals surface area contributed by atoms with Gasteiger partial charge in [0.2, 0.25) is 0 Å². The van der Waals surface area contributed by atoms with Crippen LogP contribution in [0.3, 0.4) is 0 Å². The van der Waals surface area contributed by atoms with E-state index < -0.39 is 29.5 Å². The van der Waals surface area contributed by atoms with Gasteiger partial charge in [-0.05, 0) is 33.6 Å². The van der Waals surface area contributed by atoms with Crippen LogP contribution in [0.1, 0.15) is 11.6 Å². The van der Waals surface area contributed by atoms with Crippen LogP contribution in [0.4, 0.5) is 26.3 Å². The molecular weight excluding hydrogens is 316 g/mol. The molecule has 8 heteroatoms. The number of rotatable bonds is 2. The van der Waals surface area contributed by atoms with Crippen LogP contribution in [0.25, 0.3) is 0 Å². The van der Waals surface area contributed by atoms with Crippen molar-refractivity contribution >= 4 is 15.9 Å². The highest BCUT2D eigenvalue weighted by atomic mass is 79.9. The monoisotopic (exact) mass is 321 g/mol. The number of nitrogens with two attached hydrogens (primary N) is 1. The fourth-order valence-electron chi connectivity index (χ4n) is 1.09. The van der Waals surface area contributed by atoms with Crippen molar-refractivity contribution in [2.24, 2.45) is 5.73 Å². The van der Waals surface area contributed by atoms with Gasteiger partial charge in [-0.3, -0.25) is 0 Å². The maximum absolute atomic E-state index is 13.0. The van der Waals surface area contributed by atoms with Gasteiger partial charge in [0.1, 0.15) is 11.9 Å². The van der Waals surface area contributed by atoms with Gasteiger partial charge in [0, 0.05) is 0 Å². The van der Waals surface area contributed by atoms with Crippen LogP contribution in [-0.4, -0.2) is 12.1 Å². The fourth-order valence-corrected chi connectivity index (χ4v) is 1.34. The lowest BCUT2D eigenvalue weighted by atomic mass is 10.0. The van der Waals surface area contributed by atoms with Gasteiger partial charge in [-0.15, -0.1) is 0 Å². The van der Waals surface area contributed by atoms with Crippen molar-refractivity contribution in [2.45, 2.75) is 18.1 Å². The van der Waals surface area contributed by atoms with Crippen molar-refractivity contribution in [1.29, 1.82) is 0 Å². The number of alkyl halides is 5. The van der Waals surface area contributed by atoms with Gasteiger partial charge in [0.25, 0.3) is 0 Å². The first-order chi connectivity index (χ1) is 7.57. The van der Waals surface area contributed by atoms with Crippen LogP contribution in [0, 0.1) is 5.82 Å². The minimum Gasteiger partial charge on any atom is -0.319 e. The second kappa shape index (κ2) is 4.49. The molecule has 0 aliphatic heterocycles. The van der Waals surface area contributed by atoms with Crippen molar-refractivity contribution in [3.05, 3.63) is 34.1 Å². The summed E-state index contributed by atoms with van der Waals surface area (Å²) < 4.78 is 74.7. The van der Waals surface area contributed by atoms with Crippen LogP contribution >= 0.6 is 15.9 Å². The third kappa shape index (κ3) is 2.74. The summed E-state index contributed by atoms with van der Waals surface area (Å²) in [6.07, 6.45) is -5.78. The lowest BCUT2D eigenvalue weighted by Crippen LogP contribution is -2.45. The van der Waals surface area contributed by atoms with E-state index in [1.54, 1.807) is 0 Å². The highest BCUT2D eigenvalue weighted by molar-refractivity contribution is 9.10. The van der Waals surface area contributed by atoms with E-state index in [1.807, 2.05) is 0 Å². The van der Waals surface area contributed by atoms with E-state index in [9.17, 15) is 26.3 Å². The van der Waals surface area contributed by atoms with Crippen molar-refractivity contribution in [2.75, 3.05) is 0 Å². The minimum absolute atomic E-state index is 0.0521. The molecule has 0 heterocycles. The molecule has 1 nitrogen and oxygen atoms in total. The maximum Gasteiger partial charge on any atom is 0.455 e. The smallest absolute Gasteiger partial charge is 0.319 e. The third-order valence-electron chi connectivity index (χ3n) is 2.07. The first kappa shape index (κ1) is 14.3. The van der Waals surface area contributed by atoms with E-state index in [2.05, 4.69) is 15.9 Å². The molecule has 17 heavy (non-hydrogen) atoms. The first-order valence-corrected chi connectivity index (χ1v) is 5.01. The van der Waals surface area contributed by atoms with Crippen molar-refractivity contribution in [1.82, 2.24) is 0 Å². The Morgan fingerprint density at radius 1 is 1.12 bits per heavy atom. The lowest BCUT2D eigenvalue weighted by molar-refractivity contribution is -0.291. The normalized spacial score (nSPS) is 14.8. The van der Waals surface area contributed by atoms with E-state index in [1.165, 1.54) is 0 Å². The summed E-state index contributed by atoms with van der Waals surface area (Å²) in [6, 6.07) is -0.201. The molecule has 0 spiro atoms. The Kier molecular flexibility index (Phi) is 3.78. The summed E-state index contributed by atoms with van der Waals surface area (Å²) in [6.45, 7) is 0. The average Bonchev–Trinajstić information content (AvgIpc) is 2.19. The van der Waals surface area contributed by atoms with E-state index >= 15 is 0 Å². The molecule has 0 unspecified atom stereocenters. The van der Waals surface area contributed by atoms with E-state index in [0.29, 0.717) is 6.07 Å². The second-order valence-electron chi connectivity index (χ2n) is 3.27. The maximum atomic E-state index is 13.0. The number of hydrogen-bond acceptors (Lipinski definition) is 1. The van der Waals surface area contributed by atoms with Gasteiger partial charge in [-0.2, -0.15) is 22.0 Å². The van der Waals surface area contributed by atoms with Gasteiger partial charge < -0.3 is 5.73 Å². The SMILES string of the molecule is N[C@@H](c1ccc(Br)c(F)c1)C(F)(F)C(F)(F)F. The van der Waals surface area contributed by atoms with Gasteiger partial charge in [-0.1, -0.05) is 6.07 Å². The highest BCUT2D eigenvalue weighted by Crippen LogP contribution is 2.43. The van der Waals surface area contributed by atoms with Crippen LogP contribution in [0.15, 0.2) is 22.7 Å². The van der Waals surface area contributed by atoms with Gasteiger partial charge in [-0.25, -0.2) is 4.39 Å². The Bertz CT molecular complexity index is 416. The standard InChI is InChI=1S/C9H6BrF6N/c10-5-2-1-4(3-6(5)11)7(17)8(12,13)9(14,15)16/h1-3,7H,17H2/t7-/m0/s1. The van der Waals surface area contributed by atoms with E-state index in [0.717, 1.165) is 12.1 Å². The number of halogens is 7.